The Morgan fingerprint density at radius 2 is 1.76 bits per heavy atom. The number of carbonyl (C=O) groups excluding carboxylic acids is 1. The zero-order valence-electron chi connectivity index (χ0n) is 12.1. The zero-order chi connectivity index (χ0) is 15.1. The van der Waals surface area contributed by atoms with Crippen LogP contribution in [0.5, 0.6) is 5.75 Å². The van der Waals surface area contributed by atoms with Crippen molar-refractivity contribution in [2.24, 2.45) is 0 Å². The number of hydrogen-bond acceptors (Lipinski definition) is 4. The van der Waals surface area contributed by atoms with Crippen LogP contribution in [-0.4, -0.2) is 18.8 Å². The summed E-state index contributed by atoms with van der Waals surface area (Å²) in [4.78, 5) is 13.2. The second-order valence-corrected chi connectivity index (χ2v) is 5.16. The number of carbonyl (C=O) groups is 1. The minimum absolute atomic E-state index is 0.329. The Bertz CT molecular complexity index is 584. The molecule has 0 heterocycles. The van der Waals surface area contributed by atoms with Crippen molar-refractivity contribution in [3.63, 3.8) is 0 Å². The maximum atomic E-state index is 12.2. The molecule has 0 aliphatic carbocycles. The molecular formula is C17H18O3S. The molecule has 0 saturated carbocycles. The van der Waals surface area contributed by atoms with Gasteiger partial charge in [-0.1, -0.05) is 42.5 Å². The molecule has 3 nitrogen and oxygen atoms in total. The average molecular weight is 302 g/mol. The average Bonchev–Trinajstić information content (AvgIpc) is 2.54. The maximum absolute atomic E-state index is 12.2. The van der Waals surface area contributed by atoms with Crippen molar-refractivity contribution in [2.45, 2.75) is 17.9 Å². The molecule has 21 heavy (non-hydrogen) atoms. The Morgan fingerprint density at radius 1 is 1.10 bits per heavy atom. The monoisotopic (exact) mass is 302 g/mol. The normalized spacial score (nSPS) is 11.7. The number of hydrogen-bond donors (Lipinski definition) is 0. The van der Waals surface area contributed by atoms with Crippen molar-refractivity contribution in [3.8, 4) is 5.75 Å². The number of ether oxygens (including phenoxy) is 2. The maximum Gasteiger partial charge on any atom is 0.352 e. The topological polar surface area (TPSA) is 35.5 Å². The molecule has 2 rings (SSSR count). The lowest BCUT2D eigenvalue weighted by molar-refractivity contribution is -0.151. The highest BCUT2D eigenvalue weighted by Crippen LogP contribution is 2.31. The lowest BCUT2D eigenvalue weighted by Crippen LogP contribution is -2.21. The van der Waals surface area contributed by atoms with E-state index in [9.17, 15) is 4.79 Å². The fourth-order valence-electron chi connectivity index (χ4n) is 1.94. The summed E-state index contributed by atoms with van der Waals surface area (Å²) in [5, 5.41) is 0. The minimum Gasteiger partial charge on any atom is -0.473 e. The van der Waals surface area contributed by atoms with Crippen LogP contribution < -0.4 is 4.74 Å². The number of rotatable bonds is 6. The SMILES string of the molecule is CCOC(=O)C(Oc1ccccc1SC)c1ccccc1. The van der Waals surface area contributed by atoms with Crippen molar-refractivity contribution in [1.29, 1.82) is 0 Å². The molecule has 0 saturated heterocycles. The Morgan fingerprint density at radius 3 is 2.43 bits per heavy atom. The van der Waals surface area contributed by atoms with E-state index in [0.717, 1.165) is 10.5 Å². The number of esters is 1. The lowest BCUT2D eigenvalue weighted by Gasteiger charge is -2.19. The van der Waals surface area contributed by atoms with Gasteiger partial charge in [-0.2, -0.15) is 0 Å². The summed E-state index contributed by atoms with van der Waals surface area (Å²) in [6, 6.07) is 17.1. The van der Waals surface area contributed by atoms with Crippen molar-refractivity contribution >= 4 is 17.7 Å². The van der Waals surface area contributed by atoms with Crippen LogP contribution in [0.3, 0.4) is 0 Å². The summed E-state index contributed by atoms with van der Waals surface area (Å²) in [5.41, 5.74) is 0.784. The summed E-state index contributed by atoms with van der Waals surface area (Å²) in [7, 11) is 0. The van der Waals surface area contributed by atoms with Crippen LogP contribution in [0.25, 0.3) is 0 Å². The largest absolute Gasteiger partial charge is 0.473 e. The van der Waals surface area contributed by atoms with Crippen LogP contribution in [0.15, 0.2) is 59.5 Å². The fourth-order valence-corrected chi connectivity index (χ4v) is 2.47. The molecule has 0 bridgehead atoms. The van der Waals surface area contributed by atoms with E-state index in [0.29, 0.717) is 12.4 Å². The van der Waals surface area contributed by atoms with Crippen molar-refractivity contribution < 1.29 is 14.3 Å². The Labute approximate surface area is 129 Å². The number of para-hydroxylation sites is 1. The second-order valence-electron chi connectivity index (χ2n) is 4.31. The highest BCUT2D eigenvalue weighted by atomic mass is 32.2. The van der Waals surface area contributed by atoms with Crippen LogP contribution in [0.1, 0.15) is 18.6 Å². The molecule has 4 heteroatoms. The summed E-state index contributed by atoms with van der Waals surface area (Å²) in [6.07, 6.45) is 1.23. The van der Waals surface area contributed by atoms with Gasteiger partial charge in [0.05, 0.1) is 6.61 Å². The quantitative estimate of drug-likeness (QED) is 0.594. The molecule has 0 radical (unpaired) electrons. The first-order valence-electron chi connectivity index (χ1n) is 6.77. The highest BCUT2D eigenvalue weighted by Gasteiger charge is 2.24. The van der Waals surface area contributed by atoms with E-state index in [1.807, 2.05) is 60.9 Å². The molecule has 0 aromatic heterocycles. The summed E-state index contributed by atoms with van der Waals surface area (Å²) in [5.74, 6) is 0.312. The standard InChI is InChI=1S/C17H18O3S/c1-3-19-17(18)16(13-9-5-4-6-10-13)20-14-11-7-8-12-15(14)21-2/h4-12,16H,3H2,1-2H3. The smallest absolute Gasteiger partial charge is 0.352 e. The summed E-state index contributed by atoms with van der Waals surface area (Å²) in [6.45, 7) is 2.12. The van der Waals surface area contributed by atoms with Gasteiger partial charge < -0.3 is 9.47 Å². The molecule has 0 amide bonds. The molecule has 110 valence electrons. The van der Waals surface area contributed by atoms with Gasteiger partial charge in [-0.3, -0.25) is 0 Å². The van der Waals surface area contributed by atoms with Crippen LogP contribution in [0, 0.1) is 0 Å². The van der Waals surface area contributed by atoms with Gasteiger partial charge in [-0.25, -0.2) is 4.79 Å². The van der Waals surface area contributed by atoms with Gasteiger partial charge in [-0.05, 0) is 25.3 Å². The molecule has 0 aliphatic rings. The van der Waals surface area contributed by atoms with Crippen LogP contribution >= 0.6 is 11.8 Å². The third-order valence-electron chi connectivity index (χ3n) is 2.92. The third kappa shape index (κ3) is 4.02. The van der Waals surface area contributed by atoms with Gasteiger partial charge in [0.1, 0.15) is 5.75 Å². The lowest BCUT2D eigenvalue weighted by atomic mass is 10.1. The van der Waals surface area contributed by atoms with Crippen molar-refractivity contribution in [2.75, 3.05) is 12.9 Å². The zero-order valence-corrected chi connectivity index (χ0v) is 12.9. The highest BCUT2D eigenvalue weighted by molar-refractivity contribution is 7.98. The van der Waals surface area contributed by atoms with Crippen molar-refractivity contribution in [1.82, 2.24) is 0 Å². The van der Waals surface area contributed by atoms with E-state index in [2.05, 4.69) is 0 Å². The second kappa shape index (κ2) is 7.74. The van der Waals surface area contributed by atoms with Gasteiger partial charge in [0, 0.05) is 10.5 Å². The number of thioether (sulfide) groups is 1. The molecule has 2 aromatic carbocycles. The first kappa shape index (κ1) is 15.4. The molecular weight excluding hydrogens is 284 g/mol. The van der Waals surface area contributed by atoms with Crippen LogP contribution in [0.2, 0.25) is 0 Å². The van der Waals surface area contributed by atoms with E-state index in [-0.39, 0.29) is 5.97 Å². The Kier molecular flexibility index (Phi) is 5.69. The summed E-state index contributed by atoms with van der Waals surface area (Å²) >= 11 is 1.58. The molecule has 0 spiro atoms. The fraction of sp³-hybridized carbons (Fsp3) is 0.235. The number of benzene rings is 2. The van der Waals surface area contributed by atoms with E-state index < -0.39 is 6.10 Å². The van der Waals surface area contributed by atoms with E-state index >= 15 is 0 Å². The molecule has 1 unspecified atom stereocenters. The molecule has 2 aromatic rings. The van der Waals surface area contributed by atoms with Gasteiger partial charge in [-0.15, -0.1) is 11.8 Å². The minimum atomic E-state index is -0.751. The van der Waals surface area contributed by atoms with E-state index in [4.69, 9.17) is 9.47 Å². The molecule has 0 aliphatic heterocycles. The predicted octanol–water partition coefficient (Wildman–Crippen LogP) is 4.09. The van der Waals surface area contributed by atoms with Gasteiger partial charge in [0.15, 0.2) is 0 Å². The molecule has 0 fully saturated rings. The van der Waals surface area contributed by atoms with Gasteiger partial charge in [0.25, 0.3) is 0 Å². The first-order valence-corrected chi connectivity index (χ1v) is 8.00. The third-order valence-corrected chi connectivity index (χ3v) is 3.69. The molecule has 1 atom stereocenters. The van der Waals surface area contributed by atoms with E-state index in [1.165, 1.54) is 0 Å². The van der Waals surface area contributed by atoms with Crippen molar-refractivity contribution in [3.05, 3.63) is 60.2 Å². The first-order chi connectivity index (χ1) is 10.3. The van der Waals surface area contributed by atoms with Gasteiger partial charge in [0.2, 0.25) is 6.10 Å². The van der Waals surface area contributed by atoms with E-state index in [1.54, 1.807) is 18.7 Å². The van der Waals surface area contributed by atoms with Gasteiger partial charge >= 0.3 is 5.97 Å². The predicted molar refractivity (Wildman–Crippen MR) is 84.7 cm³/mol. The molecule has 0 N–H and O–H groups in total. The van der Waals surface area contributed by atoms with Crippen LogP contribution in [-0.2, 0) is 9.53 Å². The Hall–Kier alpha value is -1.94. The summed E-state index contributed by atoms with van der Waals surface area (Å²) < 4.78 is 11.1. The Balaban J connectivity index is 2.30. The van der Waals surface area contributed by atoms with Crippen LogP contribution in [0.4, 0.5) is 0 Å².